The third-order valence-electron chi connectivity index (χ3n) is 5.07. The van der Waals surface area contributed by atoms with Crippen LogP contribution >= 0.6 is 0 Å². The molecule has 148 valence electrons. The maximum atomic E-state index is 13.1. The Kier molecular flexibility index (Phi) is 4.75. The number of carbonyl (C=O) groups is 1. The van der Waals surface area contributed by atoms with Crippen LogP contribution in [0, 0.1) is 24.0 Å². The molecule has 2 heterocycles. The smallest absolute Gasteiger partial charge is 0.271 e. The highest BCUT2D eigenvalue weighted by Crippen LogP contribution is 2.33. The lowest BCUT2D eigenvalue weighted by molar-refractivity contribution is -0.384. The van der Waals surface area contributed by atoms with Crippen LogP contribution in [-0.2, 0) is 13.0 Å². The van der Waals surface area contributed by atoms with E-state index in [4.69, 9.17) is 9.26 Å². The molecule has 0 atom stereocenters. The van der Waals surface area contributed by atoms with Crippen LogP contribution in [0.5, 0.6) is 5.75 Å². The lowest BCUT2D eigenvalue weighted by Crippen LogP contribution is -2.28. The van der Waals surface area contributed by atoms with Crippen molar-refractivity contribution in [1.82, 2.24) is 5.16 Å². The van der Waals surface area contributed by atoms with Gasteiger partial charge in [-0.2, -0.15) is 0 Å². The molecule has 0 unspecified atom stereocenters. The van der Waals surface area contributed by atoms with Gasteiger partial charge in [0.15, 0.2) is 0 Å². The fraction of sp³-hybridized carbons (Fsp3) is 0.238. The monoisotopic (exact) mass is 393 g/mol. The lowest BCUT2D eigenvalue weighted by Gasteiger charge is -2.17. The number of nitrogens with zero attached hydrogens (tertiary/aromatic N) is 3. The molecule has 29 heavy (non-hydrogen) atoms. The van der Waals surface area contributed by atoms with Crippen LogP contribution in [0.1, 0.15) is 32.9 Å². The van der Waals surface area contributed by atoms with Crippen LogP contribution in [-0.4, -0.2) is 22.5 Å². The fourth-order valence-corrected chi connectivity index (χ4v) is 3.43. The number of ether oxygens (including phenoxy) is 1. The van der Waals surface area contributed by atoms with Crippen LogP contribution in [0.3, 0.4) is 0 Å². The molecule has 0 spiro atoms. The molecular formula is C21H19N3O5. The van der Waals surface area contributed by atoms with Crippen molar-refractivity contribution in [3.05, 3.63) is 80.7 Å². The number of aromatic nitrogens is 1. The predicted octanol–water partition coefficient (Wildman–Crippen LogP) is 3.98. The quantitative estimate of drug-likeness (QED) is 0.480. The zero-order valence-corrected chi connectivity index (χ0v) is 16.0. The zero-order valence-electron chi connectivity index (χ0n) is 16.0. The number of aryl methyl sites for hydroxylation is 2. The van der Waals surface area contributed by atoms with Gasteiger partial charge in [-0.1, -0.05) is 17.3 Å². The number of hydrogen-bond donors (Lipinski definition) is 0. The molecule has 0 saturated carbocycles. The Morgan fingerprint density at radius 1 is 1.28 bits per heavy atom. The second kappa shape index (κ2) is 7.38. The van der Waals surface area contributed by atoms with Crippen molar-refractivity contribution in [2.45, 2.75) is 26.9 Å². The Balaban J connectivity index is 1.54. The molecule has 0 aliphatic carbocycles. The molecule has 2 aromatic carbocycles. The van der Waals surface area contributed by atoms with Gasteiger partial charge in [-0.3, -0.25) is 14.9 Å². The van der Waals surface area contributed by atoms with Crippen molar-refractivity contribution in [2.75, 3.05) is 11.4 Å². The van der Waals surface area contributed by atoms with Crippen molar-refractivity contribution in [3.8, 4) is 5.75 Å². The second-order valence-electron chi connectivity index (χ2n) is 6.90. The highest BCUT2D eigenvalue weighted by molar-refractivity contribution is 6.07. The number of non-ortho nitro benzene ring substituents is 1. The Morgan fingerprint density at radius 2 is 2.10 bits per heavy atom. The standard InChI is InChI=1S/C21H19N3O5/c1-13-19(14(2)29-22-13)12-28-18-5-3-4-16(10-18)21(25)23-9-8-15-6-7-17(24(26)27)11-20(15)23/h3-7,10-11H,8-9,12H2,1-2H3. The first-order valence-electron chi connectivity index (χ1n) is 9.18. The Bertz CT molecular complexity index is 1090. The van der Waals surface area contributed by atoms with Crippen LogP contribution in [0.25, 0.3) is 0 Å². The van der Waals surface area contributed by atoms with E-state index in [0.717, 1.165) is 16.8 Å². The Hall–Kier alpha value is -3.68. The second-order valence-corrected chi connectivity index (χ2v) is 6.90. The van der Waals surface area contributed by atoms with Gasteiger partial charge in [-0.15, -0.1) is 0 Å². The van der Waals surface area contributed by atoms with Crippen molar-refractivity contribution in [3.63, 3.8) is 0 Å². The predicted molar refractivity (Wildman–Crippen MR) is 105 cm³/mol. The topological polar surface area (TPSA) is 98.7 Å². The van der Waals surface area contributed by atoms with E-state index in [0.29, 0.717) is 35.7 Å². The number of hydrogen-bond acceptors (Lipinski definition) is 6. The molecule has 4 rings (SSSR count). The van der Waals surface area contributed by atoms with E-state index >= 15 is 0 Å². The molecule has 0 saturated heterocycles. The lowest BCUT2D eigenvalue weighted by atomic mass is 10.1. The SMILES string of the molecule is Cc1noc(C)c1COc1cccc(C(=O)N2CCc3ccc([N+](=O)[O-])cc32)c1. The molecule has 1 aliphatic rings. The van der Waals surface area contributed by atoms with Crippen LogP contribution < -0.4 is 9.64 Å². The van der Waals surface area contributed by atoms with Gasteiger partial charge in [0.1, 0.15) is 18.1 Å². The Morgan fingerprint density at radius 3 is 2.83 bits per heavy atom. The van der Waals surface area contributed by atoms with Gasteiger partial charge in [0.25, 0.3) is 11.6 Å². The van der Waals surface area contributed by atoms with Gasteiger partial charge in [0.05, 0.1) is 21.9 Å². The summed E-state index contributed by atoms with van der Waals surface area (Å²) in [6, 6.07) is 11.5. The number of nitro benzene ring substituents is 1. The first kappa shape index (κ1) is 18.7. The number of rotatable bonds is 5. The highest BCUT2D eigenvalue weighted by atomic mass is 16.6. The van der Waals surface area contributed by atoms with Gasteiger partial charge in [-0.05, 0) is 44.0 Å². The third-order valence-corrected chi connectivity index (χ3v) is 5.07. The van der Waals surface area contributed by atoms with Crippen LogP contribution in [0.4, 0.5) is 11.4 Å². The number of amides is 1. The molecule has 1 aliphatic heterocycles. The first-order chi connectivity index (χ1) is 13.9. The maximum Gasteiger partial charge on any atom is 0.271 e. The van der Waals surface area contributed by atoms with E-state index < -0.39 is 4.92 Å². The molecule has 0 radical (unpaired) electrons. The molecule has 0 fully saturated rings. The zero-order chi connectivity index (χ0) is 20.5. The summed E-state index contributed by atoms with van der Waals surface area (Å²) in [4.78, 5) is 25.3. The summed E-state index contributed by atoms with van der Waals surface area (Å²) >= 11 is 0. The minimum Gasteiger partial charge on any atom is -0.489 e. The molecule has 3 aromatic rings. The molecule has 0 bridgehead atoms. The van der Waals surface area contributed by atoms with E-state index in [9.17, 15) is 14.9 Å². The van der Waals surface area contributed by atoms with Crippen LogP contribution in [0.2, 0.25) is 0 Å². The number of nitro groups is 1. The summed E-state index contributed by atoms with van der Waals surface area (Å²) in [7, 11) is 0. The average molecular weight is 393 g/mol. The first-order valence-corrected chi connectivity index (χ1v) is 9.18. The van der Waals surface area contributed by atoms with E-state index in [-0.39, 0.29) is 18.2 Å². The van der Waals surface area contributed by atoms with Crippen molar-refractivity contribution < 1.29 is 19.0 Å². The van der Waals surface area contributed by atoms with Gasteiger partial charge in [0.2, 0.25) is 0 Å². The summed E-state index contributed by atoms with van der Waals surface area (Å²) in [5.74, 6) is 1.03. The van der Waals surface area contributed by atoms with Crippen molar-refractivity contribution >= 4 is 17.3 Å². The van der Waals surface area contributed by atoms with E-state index in [2.05, 4.69) is 5.16 Å². The fourth-order valence-electron chi connectivity index (χ4n) is 3.43. The Labute approximate surface area is 166 Å². The number of carbonyl (C=O) groups excluding carboxylic acids is 1. The summed E-state index contributed by atoms with van der Waals surface area (Å²) in [5, 5.41) is 15.0. The van der Waals surface area contributed by atoms with Crippen LogP contribution in [0.15, 0.2) is 47.0 Å². The molecule has 8 nitrogen and oxygen atoms in total. The molecular weight excluding hydrogens is 374 g/mol. The molecule has 0 N–H and O–H groups in total. The van der Waals surface area contributed by atoms with Gasteiger partial charge < -0.3 is 14.2 Å². The molecule has 1 amide bonds. The molecule has 8 heteroatoms. The normalized spacial score (nSPS) is 12.7. The van der Waals surface area contributed by atoms with E-state index in [1.807, 2.05) is 13.8 Å². The van der Waals surface area contributed by atoms with Crippen molar-refractivity contribution in [2.24, 2.45) is 0 Å². The summed E-state index contributed by atoms with van der Waals surface area (Å²) in [5.41, 5.74) is 3.59. The van der Waals surface area contributed by atoms with Gasteiger partial charge in [0, 0.05) is 24.2 Å². The number of anilines is 1. The van der Waals surface area contributed by atoms with E-state index in [1.165, 1.54) is 12.1 Å². The van der Waals surface area contributed by atoms with Gasteiger partial charge >= 0.3 is 0 Å². The largest absolute Gasteiger partial charge is 0.489 e. The van der Waals surface area contributed by atoms with Crippen molar-refractivity contribution in [1.29, 1.82) is 0 Å². The summed E-state index contributed by atoms with van der Waals surface area (Å²) < 4.78 is 11.0. The summed E-state index contributed by atoms with van der Waals surface area (Å²) in [6.07, 6.45) is 0.668. The average Bonchev–Trinajstić information content (AvgIpc) is 3.28. The number of benzene rings is 2. The van der Waals surface area contributed by atoms with Gasteiger partial charge in [-0.25, -0.2) is 0 Å². The minimum absolute atomic E-state index is 0.0278. The number of fused-ring (bicyclic) bond motifs is 1. The van der Waals surface area contributed by atoms with E-state index in [1.54, 1.807) is 35.2 Å². The minimum atomic E-state index is -0.454. The molecule has 1 aromatic heterocycles. The third kappa shape index (κ3) is 3.56. The highest BCUT2D eigenvalue weighted by Gasteiger charge is 2.27. The maximum absolute atomic E-state index is 13.1. The summed E-state index contributed by atoms with van der Waals surface area (Å²) in [6.45, 7) is 4.44.